The fraction of sp³-hybridized carbons (Fsp3) is 0.188. The maximum atomic E-state index is 5.55. The lowest BCUT2D eigenvalue weighted by Crippen LogP contribution is -1.98. The van der Waals surface area contributed by atoms with Gasteiger partial charge in [0.15, 0.2) is 0 Å². The average molecular weight is 281 g/mol. The van der Waals surface area contributed by atoms with Crippen LogP contribution in [0.5, 0.6) is 5.88 Å². The molecule has 0 aliphatic heterocycles. The van der Waals surface area contributed by atoms with Crippen molar-refractivity contribution in [1.29, 1.82) is 0 Å². The van der Waals surface area contributed by atoms with Gasteiger partial charge < -0.3 is 9.26 Å². The van der Waals surface area contributed by atoms with Crippen LogP contribution in [0.3, 0.4) is 0 Å². The molecule has 0 aliphatic carbocycles. The van der Waals surface area contributed by atoms with E-state index in [1.165, 1.54) is 0 Å². The molecule has 0 bridgehead atoms. The summed E-state index contributed by atoms with van der Waals surface area (Å²) in [5.74, 6) is 1.48. The van der Waals surface area contributed by atoms with Crippen molar-refractivity contribution in [2.75, 3.05) is 6.61 Å². The number of pyridine rings is 1. The minimum Gasteiger partial charge on any atom is -0.477 e. The van der Waals surface area contributed by atoms with E-state index in [9.17, 15) is 0 Å². The van der Waals surface area contributed by atoms with E-state index in [4.69, 9.17) is 9.26 Å². The first kappa shape index (κ1) is 13.3. The van der Waals surface area contributed by atoms with Crippen molar-refractivity contribution >= 4 is 0 Å². The van der Waals surface area contributed by atoms with Crippen LogP contribution in [0, 0.1) is 6.92 Å². The van der Waals surface area contributed by atoms with Crippen LogP contribution >= 0.6 is 0 Å². The average Bonchev–Trinajstić information content (AvgIpc) is 2.98. The van der Waals surface area contributed by atoms with Gasteiger partial charge in [-0.25, -0.2) is 4.98 Å². The van der Waals surface area contributed by atoms with Gasteiger partial charge in [-0.3, -0.25) is 0 Å². The number of rotatable bonds is 4. The molecule has 0 aliphatic rings. The monoisotopic (exact) mass is 281 g/mol. The Morgan fingerprint density at radius 1 is 1.05 bits per heavy atom. The second-order valence-electron chi connectivity index (χ2n) is 4.53. The molecule has 1 aromatic carbocycles. The van der Waals surface area contributed by atoms with Crippen LogP contribution in [0.1, 0.15) is 12.6 Å². The Kier molecular flexibility index (Phi) is 3.64. The van der Waals surface area contributed by atoms with E-state index in [-0.39, 0.29) is 0 Å². The van der Waals surface area contributed by atoms with Crippen molar-refractivity contribution in [2.45, 2.75) is 13.8 Å². The van der Waals surface area contributed by atoms with E-state index in [1.54, 1.807) is 0 Å². The second kappa shape index (κ2) is 5.75. The highest BCUT2D eigenvalue weighted by molar-refractivity contribution is 5.64. The van der Waals surface area contributed by atoms with Crippen molar-refractivity contribution in [2.24, 2.45) is 0 Å². The van der Waals surface area contributed by atoms with Gasteiger partial charge in [-0.2, -0.15) is 4.98 Å². The number of aryl methyl sites for hydroxylation is 1. The molecule has 106 valence electrons. The van der Waals surface area contributed by atoms with Gasteiger partial charge in [0.1, 0.15) is 0 Å². The molecule has 0 radical (unpaired) electrons. The van der Waals surface area contributed by atoms with Gasteiger partial charge in [0.2, 0.25) is 11.7 Å². The Hall–Kier alpha value is -2.69. The molecule has 0 saturated heterocycles. The largest absolute Gasteiger partial charge is 0.477 e. The highest BCUT2D eigenvalue weighted by atomic mass is 16.5. The van der Waals surface area contributed by atoms with Crippen molar-refractivity contribution in [3.63, 3.8) is 0 Å². The smallest absolute Gasteiger partial charge is 0.258 e. The van der Waals surface area contributed by atoms with E-state index in [0.29, 0.717) is 24.2 Å². The van der Waals surface area contributed by atoms with Gasteiger partial charge in [-0.15, -0.1) is 0 Å². The Balaban J connectivity index is 2.00. The molecule has 0 N–H and O–H groups in total. The number of hydrogen-bond acceptors (Lipinski definition) is 5. The molecule has 0 saturated carbocycles. The zero-order chi connectivity index (χ0) is 14.7. The zero-order valence-electron chi connectivity index (χ0n) is 11.9. The van der Waals surface area contributed by atoms with Gasteiger partial charge in [0.05, 0.1) is 12.2 Å². The molecule has 3 rings (SSSR count). The summed E-state index contributed by atoms with van der Waals surface area (Å²) in [6.07, 6.45) is 0. The third-order valence-electron chi connectivity index (χ3n) is 2.97. The molecular formula is C16H15N3O2. The first-order valence-corrected chi connectivity index (χ1v) is 6.78. The summed E-state index contributed by atoms with van der Waals surface area (Å²) in [7, 11) is 0. The Labute approximate surface area is 122 Å². The van der Waals surface area contributed by atoms with Gasteiger partial charge >= 0.3 is 0 Å². The predicted molar refractivity (Wildman–Crippen MR) is 78.9 cm³/mol. The topological polar surface area (TPSA) is 61.0 Å². The summed E-state index contributed by atoms with van der Waals surface area (Å²) < 4.78 is 10.9. The van der Waals surface area contributed by atoms with E-state index in [0.717, 1.165) is 16.8 Å². The van der Waals surface area contributed by atoms with Crippen LogP contribution in [0.15, 0.2) is 47.0 Å². The minimum absolute atomic E-state index is 0.477. The lowest BCUT2D eigenvalue weighted by Gasteiger charge is -2.06. The van der Waals surface area contributed by atoms with Crippen molar-refractivity contribution in [3.8, 4) is 28.7 Å². The van der Waals surface area contributed by atoms with Gasteiger partial charge in [0.25, 0.3) is 5.89 Å². The van der Waals surface area contributed by atoms with Crippen LogP contribution in [0.4, 0.5) is 0 Å². The maximum absolute atomic E-state index is 5.55. The Bertz CT molecular complexity index is 738. The summed E-state index contributed by atoms with van der Waals surface area (Å²) in [6, 6.07) is 13.4. The number of benzene rings is 1. The van der Waals surface area contributed by atoms with E-state index in [2.05, 4.69) is 15.1 Å². The molecule has 0 spiro atoms. The molecule has 0 fully saturated rings. The second-order valence-corrected chi connectivity index (χ2v) is 4.53. The fourth-order valence-corrected chi connectivity index (χ4v) is 1.98. The van der Waals surface area contributed by atoms with Crippen LogP contribution in [-0.4, -0.2) is 21.7 Å². The summed E-state index contributed by atoms with van der Waals surface area (Å²) in [4.78, 5) is 8.80. The van der Waals surface area contributed by atoms with Gasteiger partial charge in [0, 0.05) is 11.3 Å². The standard InChI is InChI=1S/C16H15N3O2/c1-3-20-16-13(10-9-11(2)17-16)14-18-15(21-19-14)12-7-5-4-6-8-12/h4-10H,3H2,1-2H3. The van der Waals surface area contributed by atoms with E-state index >= 15 is 0 Å². The van der Waals surface area contributed by atoms with Crippen molar-refractivity contribution in [3.05, 3.63) is 48.2 Å². The van der Waals surface area contributed by atoms with Crippen LogP contribution < -0.4 is 4.74 Å². The molecule has 21 heavy (non-hydrogen) atoms. The summed E-state index contributed by atoms with van der Waals surface area (Å²) >= 11 is 0. The third kappa shape index (κ3) is 2.76. The SMILES string of the molecule is CCOc1nc(C)ccc1-c1noc(-c2ccccc2)n1. The number of nitrogens with zero attached hydrogens (tertiary/aromatic N) is 3. The van der Waals surface area contributed by atoms with Gasteiger partial charge in [-0.05, 0) is 38.1 Å². The molecule has 5 heteroatoms. The normalized spacial score (nSPS) is 10.6. The molecule has 2 heterocycles. The molecule has 0 atom stereocenters. The van der Waals surface area contributed by atoms with Gasteiger partial charge in [-0.1, -0.05) is 23.4 Å². The Morgan fingerprint density at radius 3 is 2.62 bits per heavy atom. The lowest BCUT2D eigenvalue weighted by atomic mass is 10.2. The van der Waals surface area contributed by atoms with Crippen molar-refractivity contribution < 1.29 is 9.26 Å². The van der Waals surface area contributed by atoms with E-state index < -0.39 is 0 Å². The molecule has 5 nitrogen and oxygen atoms in total. The quantitative estimate of drug-likeness (QED) is 0.732. The van der Waals surface area contributed by atoms with Crippen LogP contribution in [0.2, 0.25) is 0 Å². The summed E-state index contributed by atoms with van der Waals surface area (Å²) in [5, 5.41) is 4.03. The highest BCUT2D eigenvalue weighted by Gasteiger charge is 2.15. The first-order valence-electron chi connectivity index (χ1n) is 6.78. The molecular weight excluding hydrogens is 266 g/mol. The van der Waals surface area contributed by atoms with Crippen LogP contribution in [0.25, 0.3) is 22.8 Å². The van der Waals surface area contributed by atoms with Crippen LogP contribution in [-0.2, 0) is 0 Å². The third-order valence-corrected chi connectivity index (χ3v) is 2.97. The molecule has 0 amide bonds. The Morgan fingerprint density at radius 2 is 1.86 bits per heavy atom. The van der Waals surface area contributed by atoms with E-state index in [1.807, 2.05) is 56.3 Å². The van der Waals surface area contributed by atoms with Crippen molar-refractivity contribution in [1.82, 2.24) is 15.1 Å². The molecule has 0 unspecified atom stereocenters. The fourth-order valence-electron chi connectivity index (χ4n) is 1.98. The highest BCUT2D eigenvalue weighted by Crippen LogP contribution is 2.28. The summed E-state index contributed by atoms with van der Waals surface area (Å²) in [5.41, 5.74) is 2.50. The lowest BCUT2D eigenvalue weighted by molar-refractivity contribution is 0.327. The number of hydrogen-bond donors (Lipinski definition) is 0. The maximum Gasteiger partial charge on any atom is 0.258 e. The first-order chi connectivity index (χ1) is 10.3. The molecule has 2 aromatic heterocycles. The summed E-state index contributed by atoms with van der Waals surface area (Å²) in [6.45, 7) is 4.37. The minimum atomic E-state index is 0.477. The number of aromatic nitrogens is 3. The molecule has 3 aromatic rings. The predicted octanol–water partition coefficient (Wildman–Crippen LogP) is 3.51. The zero-order valence-corrected chi connectivity index (χ0v) is 11.9. The number of ether oxygens (including phenoxy) is 1.